The van der Waals surface area contributed by atoms with Gasteiger partial charge in [-0.2, -0.15) is 0 Å². The molecule has 1 aromatic heterocycles. The SMILES string of the molecule is c1ccc(-c2cccc(N(c3cccc(-c4ccccc4)c3)c3ccccc3-c3cccc4oc5c6ccccc6ccc5c34)c2)cc1. The topological polar surface area (TPSA) is 16.4 Å². The Balaban J connectivity index is 1.29. The maximum atomic E-state index is 6.61. The fourth-order valence-corrected chi connectivity index (χ4v) is 7.01. The first kappa shape index (κ1) is 27.9. The molecular weight excluding hydrogens is 583 g/mol. The predicted molar refractivity (Wildman–Crippen MR) is 202 cm³/mol. The first-order chi connectivity index (χ1) is 23.8. The number of fused-ring (bicyclic) bond motifs is 5. The van der Waals surface area contributed by atoms with Gasteiger partial charge in [-0.3, -0.25) is 0 Å². The van der Waals surface area contributed by atoms with Crippen molar-refractivity contribution >= 4 is 49.8 Å². The molecule has 0 N–H and O–H groups in total. The van der Waals surface area contributed by atoms with E-state index in [1.54, 1.807) is 0 Å². The van der Waals surface area contributed by atoms with E-state index in [0.717, 1.165) is 55.5 Å². The summed E-state index contributed by atoms with van der Waals surface area (Å²) in [6, 6.07) is 66.9. The van der Waals surface area contributed by atoms with Crippen molar-refractivity contribution in [3.63, 3.8) is 0 Å². The minimum atomic E-state index is 0.886. The highest BCUT2D eigenvalue weighted by Crippen LogP contribution is 2.46. The van der Waals surface area contributed by atoms with E-state index in [-0.39, 0.29) is 0 Å². The molecular formula is C46H31NO. The van der Waals surface area contributed by atoms with Crippen LogP contribution in [-0.4, -0.2) is 0 Å². The molecule has 0 bridgehead atoms. The molecule has 0 spiro atoms. The molecule has 9 aromatic rings. The molecule has 1 heterocycles. The number of hydrogen-bond donors (Lipinski definition) is 0. The summed E-state index contributed by atoms with van der Waals surface area (Å²) in [6.07, 6.45) is 0. The molecule has 9 rings (SSSR count). The Morgan fingerprint density at radius 1 is 0.375 bits per heavy atom. The lowest BCUT2D eigenvalue weighted by Gasteiger charge is -2.29. The first-order valence-electron chi connectivity index (χ1n) is 16.4. The third-order valence-electron chi connectivity index (χ3n) is 9.25. The molecule has 0 aliphatic carbocycles. The van der Waals surface area contributed by atoms with Gasteiger partial charge in [0.25, 0.3) is 0 Å². The highest BCUT2D eigenvalue weighted by molar-refractivity contribution is 6.19. The van der Waals surface area contributed by atoms with Crippen LogP contribution in [0.5, 0.6) is 0 Å². The molecule has 8 aromatic carbocycles. The highest BCUT2D eigenvalue weighted by Gasteiger charge is 2.21. The normalized spacial score (nSPS) is 11.3. The zero-order chi connectivity index (χ0) is 31.9. The molecule has 226 valence electrons. The molecule has 0 fully saturated rings. The average molecular weight is 614 g/mol. The van der Waals surface area contributed by atoms with Gasteiger partial charge in [0.05, 0.1) is 5.69 Å². The predicted octanol–water partition coefficient (Wildman–Crippen LogP) is 13.2. The van der Waals surface area contributed by atoms with Gasteiger partial charge >= 0.3 is 0 Å². The summed E-state index contributed by atoms with van der Waals surface area (Å²) < 4.78 is 6.61. The number of rotatable bonds is 6. The zero-order valence-corrected chi connectivity index (χ0v) is 26.3. The van der Waals surface area contributed by atoms with Crippen LogP contribution in [0.2, 0.25) is 0 Å². The van der Waals surface area contributed by atoms with Crippen molar-refractivity contribution in [1.29, 1.82) is 0 Å². The number of furan rings is 1. The lowest BCUT2D eigenvalue weighted by Crippen LogP contribution is -2.11. The van der Waals surface area contributed by atoms with E-state index in [1.807, 2.05) is 0 Å². The van der Waals surface area contributed by atoms with Crippen molar-refractivity contribution in [2.24, 2.45) is 0 Å². The van der Waals surface area contributed by atoms with Crippen molar-refractivity contribution < 1.29 is 4.42 Å². The first-order valence-corrected chi connectivity index (χ1v) is 16.4. The monoisotopic (exact) mass is 613 g/mol. The Hall–Kier alpha value is -6.38. The van der Waals surface area contributed by atoms with E-state index in [1.165, 1.54) is 27.6 Å². The summed E-state index contributed by atoms with van der Waals surface area (Å²) >= 11 is 0. The van der Waals surface area contributed by atoms with Gasteiger partial charge in [0, 0.05) is 33.1 Å². The maximum Gasteiger partial charge on any atom is 0.143 e. The molecule has 0 unspecified atom stereocenters. The van der Waals surface area contributed by atoms with Gasteiger partial charge < -0.3 is 9.32 Å². The lowest BCUT2D eigenvalue weighted by atomic mass is 9.95. The molecule has 0 atom stereocenters. The standard InChI is InChI=1S/C46H31NO/c1-3-14-32(15-4-1)35-19-11-21-37(30-35)47(38-22-12-20-36(31-38)33-16-5-2-6-17-33)43-26-10-9-24-40(43)41-25-13-27-44-45(41)42-29-28-34-18-7-8-23-39(34)46(42)48-44/h1-31H. The molecule has 0 saturated carbocycles. The Morgan fingerprint density at radius 2 is 0.938 bits per heavy atom. The van der Waals surface area contributed by atoms with Crippen LogP contribution in [0, 0.1) is 0 Å². The molecule has 0 amide bonds. The van der Waals surface area contributed by atoms with Crippen LogP contribution >= 0.6 is 0 Å². The summed E-state index contributed by atoms with van der Waals surface area (Å²) in [7, 11) is 0. The summed E-state index contributed by atoms with van der Waals surface area (Å²) in [5.41, 5.74) is 12.1. The van der Waals surface area contributed by atoms with Gasteiger partial charge in [0.1, 0.15) is 11.2 Å². The number of nitrogens with zero attached hydrogens (tertiary/aromatic N) is 1. The fourth-order valence-electron chi connectivity index (χ4n) is 7.01. The van der Waals surface area contributed by atoms with Crippen molar-refractivity contribution in [3.05, 3.63) is 188 Å². The van der Waals surface area contributed by atoms with Gasteiger partial charge in [-0.05, 0) is 75.7 Å². The smallest absolute Gasteiger partial charge is 0.143 e. The molecule has 0 saturated heterocycles. The van der Waals surface area contributed by atoms with Crippen LogP contribution in [0.15, 0.2) is 192 Å². The number of benzene rings is 8. The molecule has 2 heteroatoms. The molecule has 48 heavy (non-hydrogen) atoms. The summed E-state index contributed by atoms with van der Waals surface area (Å²) in [4.78, 5) is 2.39. The minimum Gasteiger partial charge on any atom is -0.455 e. The Bertz CT molecular complexity index is 2480. The van der Waals surface area contributed by atoms with Crippen molar-refractivity contribution in [2.45, 2.75) is 0 Å². The second-order valence-corrected chi connectivity index (χ2v) is 12.1. The van der Waals surface area contributed by atoms with E-state index in [0.29, 0.717) is 0 Å². The maximum absolute atomic E-state index is 6.61. The average Bonchev–Trinajstić information content (AvgIpc) is 3.56. The molecule has 0 aliphatic rings. The molecule has 0 radical (unpaired) electrons. The van der Waals surface area contributed by atoms with Gasteiger partial charge in [-0.25, -0.2) is 0 Å². The lowest BCUT2D eigenvalue weighted by molar-refractivity contribution is 0.673. The third kappa shape index (κ3) is 4.83. The van der Waals surface area contributed by atoms with Crippen LogP contribution in [0.1, 0.15) is 0 Å². The fraction of sp³-hybridized carbons (Fsp3) is 0. The second-order valence-electron chi connectivity index (χ2n) is 12.1. The summed E-state index contributed by atoms with van der Waals surface area (Å²) in [6.45, 7) is 0. The van der Waals surface area contributed by atoms with E-state index >= 15 is 0 Å². The molecule has 2 nitrogen and oxygen atoms in total. The Kier molecular flexibility index (Phi) is 6.84. The molecule has 0 aliphatic heterocycles. The van der Waals surface area contributed by atoms with E-state index < -0.39 is 0 Å². The minimum absolute atomic E-state index is 0.886. The van der Waals surface area contributed by atoms with E-state index in [4.69, 9.17) is 4.42 Å². The Labute approximate surface area is 279 Å². The van der Waals surface area contributed by atoms with Crippen LogP contribution in [0.4, 0.5) is 17.1 Å². The van der Waals surface area contributed by atoms with Gasteiger partial charge in [-0.15, -0.1) is 0 Å². The van der Waals surface area contributed by atoms with Crippen LogP contribution < -0.4 is 4.90 Å². The Morgan fingerprint density at radius 3 is 1.65 bits per heavy atom. The van der Waals surface area contributed by atoms with Gasteiger partial charge in [-0.1, -0.05) is 146 Å². The van der Waals surface area contributed by atoms with Crippen LogP contribution in [0.25, 0.3) is 66.1 Å². The van der Waals surface area contributed by atoms with Crippen molar-refractivity contribution in [2.75, 3.05) is 4.90 Å². The van der Waals surface area contributed by atoms with Crippen molar-refractivity contribution in [1.82, 2.24) is 0 Å². The van der Waals surface area contributed by atoms with E-state index in [2.05, 4.69) is 193 Å². The number of anilines is 3. The van der Waals surface area contributed by atoms with Crippen LogP contribution in [-0.2, 0) is 0 Å². The zero-order valence-electron chi connectivity index (χ0n) is 26.3. The second kappa shape index (κ2) is 11.8. The largest absolute Gasteiger partial charge is 0.455 e. The quantitative estimate of drug-likeness (QED) is 0.185. The van der Waals surface area contributed by atoms with E-state index in [9.17, 15) is 0 Å². The number of hydrogen-bond acceptors (Lipinski definition) is 2. The summed E-state index contributed by atoms with van der Waals surface area (Å²) in [5.74, 6) is 0. The number of para-hydroxylation sites is 1. The van der Waals surface area contributed by atoms with Gasteiger partial charge in [0.2, 0.25) is 0 Å². The van der Waals surface area contributed by atoms with Gasteiger partial charge in [0.15, 0.2) is 0 Å². The van der Waals surface area contributed by atoms with Crippen molar-refractivity contribution in [3.8, 4) is 33.4 Å². The third-order valence-corrected chi connectivity index (χ3v) is 9.25. The van der Waals surface area contributed by atoms with Crippen LogP contribution in [0.3, 0.4) is 0 Å². The summed E-state index contributed by atoms with van der Waals surface area (Å²) in [5, 5.41) is 4.55. The highest BCUT2D eigenvalue weighted by atomic mass is 16.3.